The highest BCUT2D eigenvalue weighted by Crippen LogP contribution is 2.22. The zero-order valence-corrected chi connectivity index (χ0v) is 10.0. The van der Waals surface area contributed by atoms with Gasteiger partial charge in [0.25, 0.3) is 5.69 Å². The van der Waals surface area contributed by atoms with Crippen LogP contribution in [0.2, 0.25) is 0 Å². The lowest BCUT2D eigenvalue weighted by molar-refractivity contribution is -0.385. The molecule has 2 aromatic rings. The first-order valence-corrected chi connectivity index (χ1v) is 5.37. The summed E-state index contributed by atoms with van der Waals surface area (Å²) in [4.78, 5) is 18.4. The maximum atomic E-state index is 10.8. The Hall–Kier alpha value is -2.50. The van der Waals surface area contributed by atoms with Gasteiger partial charge >= 0.3 is 0 Å². The van der Waals surface area contributed by atoms with E-state index < -0.39 is 4.92 Å². The second kappa shape index (κ2) is 4.79. The fraction of sp³-hybridized carbons (Fsp3) is 0.167. The van der Waals surface area contributed by atoms with Crippen LogP contribution in [0.3, 0.4) is 0 Å². The van der Waals surface area contributed by atoms with Gasteiger partial charge in [0, 0.05) is 23.6 Å². The number of nitrogens with one attached hydrogen (secondary N) is 1. The Kier molecular flexibility index (Phi) is 3.18. The molecule has 0 amide bonds. The standard InChI is InChI=1S/C12H12N4O2/c1-8-5-10(3-4-13-8)15-11-6-12(16(17)18)9(2)14-7-11/h3-7H,1-2H3,(H,13,15). The summed E-state index contributed by atoms with van der Waals surface area (Å²) in [5.74, 6) is 0. The molecule has 2 heterocycles. The number of pyridine rings is 2. The molecule has 1 N–H and O–H groups in total. The number of rotatable bonds is 3. The van der Waals surface area contributed by atoms with E-state index in [1.54, 1.807) is 25.4 Å². The maximum Gasteiger partial charge on any atom is 0.292 e. The van der Waals surface area contributed by atoms with Crippen molar-refractivity contribution >= 4 is 17.1 Å². The molecule has 2 aromatic heterocycles. The lowest BCUT2D eigenvalue weighted by Crippen LogP contribution is -1.98. The lowest BCUT2D eigenvalue weighted by Gasteiger charge is -2.06. The zero-order chi connectivity index (χ0) is 13.1. The van der Waals surface area contributed by atoms with E-state index in [0.29, 0.717) is 11.4 Å². The Bertz CT molecular complexity index is 598. The third-order valence-corrected chi connectivity index (χ3v) is 2.44. The molecular weight excluding hydrogens is 232 g/mol. The first kappa shape index (κ1) is 12.0. The first-order chi connectivity index (χ1) is 8.56. The van der Waals surface area contributed by atoms with Crippen molar-refractivity contribution in [2.45, 2.75) is 13.8 Å². The smallest absolute Gasteiger partial charge is 0.292 e. The molecule has 0 unspecified atom stereocenters. The second-order valence-corrected chi connectivity index (χ2v) is 3.90. The van der Waals surface area contributed by atoms with E-state index in [1.807, 2.05) is 13.0 Å². The number of aromatic nitrogens is 2. The van der Waals surface area contributed by atoms with E-state index in [1.165, 1.54) is 6.07 Å². The van der Waals surface area contributed by atoms with Gasteiger partial charge in [-0.2, -0.15) is 0 Å². The van der Waals surface area contributed by atoms with Crippen LogP contribution in [0.25, 0.3) is 0 Å². The molecule has 0 aliphatic rings. The van der Waals surface area contributed by atoms with Crippen molar-refractivity contribution in [2.24, 2.45) is 0 Å². The van der Waals surface area contributed by atoms with Crippen molar-refractivity contribution in [3.8, 4) is 0 Å². The largest absolute Gasteiger partial charge is 0.354 e. The summed E-state index contributed by atoms with van der Waals surface area (Å²) in [6, 6.07) is 5.11. The normalized spacial score (nSPS) is 10.1. The highest BCUT2D eigenvalue weighted by Gasteiger charge is 2.12. The minimum atomic E-state index is -0.439. The number of hydrogen-bond donors (Lipinski definition) is 1. The van der Waals surface area contributed by atoms with Crippen LogP contribution in [-0.4, -0.2) is 14.9 Å². The number of nitro groups is 1. The molecule has 92 valence electrons. The molecule has 0 aliphatic heterocycles. The van der Waals surface area contributed by atoms with Gasteiger partial charge in [0.1, 0.15) is 5.69 Å². The molecule has 18 heavy (non-hydrogen) atoms. The summed E-state index contributed by atoms with van der Waals surface area (Å²) in [5, 5.41) is 13.9. The highest BCUT2D eigenvalue weighted by atomic mass is 16.6. The molecule has 0 fully saturated rings. The highest BCUT2D eigenvalue weighted by molar-refractivity contribution is 5.61. The average molecular weight is 244 g/mol. The summed E-state index contributed by atoms with van der Waals surface area (Å²) in [5.41, 5.74) is 2.68. The Morgan fingerprint density at radius 1 is 1.22 bits per heavy atom. The van der Waals surface area contributed by atoms with Gasteiger partial charge in [-0.05, 0) is 26.0 Å². The van der Waals surface area contributed by atoms with Crippen molar-refractivity contribution in [1.29, 1.82) is 0 Å². The van der Waals surface area contributed by atoms with Gasteiger partial charge in [-0.3, -0.25) is 20.1 Å². The summed E-state index contributed by atoms with van der Waals surface area (Å²) < 4.78 is 0. The van der Waals surface area contributed by atoms with Crippen molar-refractivity contribution in [3.63, 3.8) is 0 Å². The van der Waals surface area contributed by atoms with Gasteiger partial charge in [0.15, 0.2) is 0 Å². The van der Waals surface area contributed by atoms with E-state index in [9.17, 15) is 10.1 Å². The van der Waals surface area contributed by atoms with Gasteiger partial charge in [-0.1, -0.05) is 0 Å². The quantitative estimate of drug-likeness (QED) is 0.663. The summed E-state index contributed by atoms with van der Waals surface area (Å²) >= 11 is 0. The van der Waals surface area contributed by atoms with Gasteiger partial charge in [-0.25, -0.2) is 0 Å². The van der Waals surface area contributed by atoms with E-state index >= 15 is 0 Å². The van der Waals surface area contributed by atoms with Crippen LogP contribution in [0, 0.1) is 24.0 Å². The molecule has 6 heteroatoms. The summed E-state index contributed by atoms with van der Waals surface area (Å²) in [6.07, 6.45) is 3.24. The summed E-state index contributed by atoms with van der Waals surface area (Å²) in [6.45, 7) is 3.49. The Balaban J connectivity index is 2.30. The first-order valence-electron chi connectivity index (χ1n) is 5.37. The van der Waals surface area contributed by atoms with Gasteiger partial charge in [0.05, 0.1) is 16.8 Å². The van der Waals surface area contributed by atoms with Crippen molar-refractivity contribution in [2.75, 3.05) is 5.32 Å². The summed E-state index contributed by atoms with van der Waals surface area (Å²) in [7, 11) is 0. The predicted octanol–water partition coefficient (Wildman–Crippen LogP) is 2.75. The molecule has 6 nitrogen and oxygen atoms in total. The van der Waals surface area contributed by atoms with Gasteiger partial charge in [-0.15, -0.1) is 0 Å². The molecule has 0 saturated heterocycles. The Morgan fingerprint density at radius 2 is 2.00 bits per heavy atom. The van der Waals surface area contributed by atoms with Gasteiger partial charge in [0.2, 0.25) is 0 Å². The molecule has 0 aromatic carbocycles. The molecule has 2 rings (SSSR count). The van der Waals surface area contributed by atoms with E-state index in [2.05, 4.69) is 15.3 Å². The predicted molar refractivity (Wildman–Crippen MR) is 67.9 cm³/mol. The van der Waals surface area contributed by atoms with E-state index in [0.717, 1.165) is 11.4 Å². The number of nitrogens with zero attached hydrogens (tertiary/aromatic N) is 3. The number of aryl methyl sites for hydroxylation is 2. The van der Waals surface area contributed by atoms with Crippen LogP contribution < -0.4 is 5.32 Å². The molecule has 0 atom stereocenters. The van der Waals surface area contributed by atoms with Crippen LogP contribution in [0.4, 0.5) is 17.1 Å². The van der Waals surface area contributed by atoms with E-state index in [4.69, 9.17) is 0 Å². The van der Waals surface area contributed by atoms with Crippen LogP contribution in [0.5, 0.6) is 0 Å². The Labute approximate surface area is 104 Å². The fourth-order valence-electron chi connectivity index (χ4n) is 1.56. The third-order valence-electron chi connectivity index (χ3n) is 2.44. The lowest BCUT2D eigenvalue weighted by atomic mass is 10.2. The second-order valence-electron chi connectivity index (χ2n) is 3.90. The fourth-order valence-corrected chi connectivity index (χ4v) is 1.56. The monoisotopic (exact) mass is 244 g/mol. The van der Waals surface area contributed by atoms with Gasteiger partial charge < -0.3 is 5.32 Å². The molecule has 0 spiro atoms. The molecule has 0 saturated carbocycles. The average Bonchev–Trinajstić information content (AvgIpc) is 2.31. The van der Waals surface area contributed by atoms with Crippen LogP contribution in [-0.2, 0) is 0 Å². The van der Waals surface area contributed by atoms with Crippen LogP contribution in [0.1, 0.15) is 11.4 Å². The molecule has 0 aliphatic carbocycles. The Morgan fingerprint density at radius 3 is 2.67 bits per heavy atom. The minimum Gasteiger partial charge on any atom is -0.354 e. The minimum absolute atomic E-state index is 0.00535. The van der Waals surface area contributed by atoms with E-state index in [-0.39, 0.29) is 5.69 Å². The maximum absolute atomic E-state index is 10.8. The molecular formula is C12H12N4O2. The molecule has 0 radical (unpaired) electrons. The van der Waals surface area contributed by atoms with Crippen molar-refractivity contribution in [1.82, 2.24) is 9.97 Å². The third kappa shape index (κ3) is 2.60. The van der Waals surface area contributed by atoms with Crippen molar-refractivity contribution in [3.05, 3.63) is 52.1 Å². The number of anilines is 2. The molecule has 0 bridgehead atoms. The van der Waals surface area contributed by atoms with Crippen molar-refractivity contribution < 1.29 is 4.92 Å². The SMILES string of the molecule is Cc1cc(Nc2cnc(C)c([N+](=O)[O-])c2)ccn1. The topological polar surface area (TPSA) is 81.0 Å². The van der Waals surface area contributed by atoms with Crippen LogP contribution >= 0.6 is 0 Å². The van der Waals surface area contributed by atoms with Crippen LogP contribution in [0.15, 0.2) is 30.6 Å². The number of hydrogen-bond acceptors (Lipinski definition) is 5. The zero-order valence-electron chi connectivity index (χ0n) is 10.0.